The van der Waals surface area contributed by atoms with Crippen LogP contribution in [0.25, 0.3) is 0 Å². The molecule has 19 saturated heterocycles. The van der Waals surface area contributed by atoms with E-state index in [-0.39, 0.29) is 0 Å². The monoisotopic (exact) mass is 1820 g/mol. The molecule has 24 N–H and O–H groups in total. The minimum absolute atomic E-state index is 0.834. The highest BCUT2D eigenvalue weighted by atomic mass is 16.8. The molecule has 0 radical (unpaired) electrons. The van der Waals surface area contributed by atoms with E-state index < -0.39 is 367 Å². The summed E-state index contributed by atoms with van der Waals surface area (Å²) < 4.78 is 110. The number of hydrogen-bond acceptors (Lipinski definition) is 42. The summed E-state index contributed by atoms with van der Waals surface area (Å²) in [6.07, 6.45) is -78.8. The van der Waals surface area contributed by atoms with Gasteiger partial charge in [-0.25, -0.2) is 14.4 Å². The summed E-state index contributed by atoms with van der Waals surface area (Å²) in [6.45, 7) is 8.64. The smallest absolute Gasteiger partial charge is 0.335 e. The van der Waals surface area contributed by atoms with Crippen LogP contribution in [0.15, 0.2) is 0 Å². The second-order valence-electron chi connectivity index (χ2n) is 32.0. The van der Waals surface area contributed by atoms with Crippen LogP contribution in [0, 0.1) is 0 Å². The van der Waals surface area contributed by atoms with Crippen molar-refractivity contribution in [2.75, 3.05) is 19.8 Å². The highest BCUT2D eigenvalue weighted by Gasteiger charge is 2.64. The molecule has 54 nitrogen and oxygen atoms in total. The Balaban J connectivity index is 1.07. The third kappa shape index (κ3) is 22.5. The highest BCUT2D eigenvalue weighted by Crippen LogP contribution is 2.42. The molecule has 18 bridgehead atoms. The van der Waals surface area contributed by atoms with E-state index in [1.807, 2.05) is 0 Å². The van der Waals surface area contributed by atoms with Crippen molar-refractivity contribution in [3.63, 3.8) is 0 Å². The van der Waals surface area contributed by atoms with E-state index in [0.29, 0.717) is 0 Å². The zero-order valence-corrected chi connectivity index (χ0v) is 69.6. The minimum Gasteiger partial charge on any atom is -0.479 e. The number of ether oxygens (including phenoxy) is 18. The summed E-state index contributed by atoms with van der Waals surface area (Å²) in [5.74, 6) is -14.5. The largest absolute Gasteiger partial charge is 0.479 e. The maximum absolute atomic E-state index is 13.6. The van der Waals surface area contributed by atoms with Crippen LogP contribution in [0.5, 0.6) is 0 Å². The molecule has 0 aromatic heterocycles. The van der Waals surface area contributed by atoms with Crippen LogP contribution < -0.4 is 47.9 Å². The molecule has 19 aliphatic rings. The van der Waals surface area contributed by atoms with E-state index in [0.717, 1.165) is 62.3 Å². The standard InChI is InChI=1S/C72H111N9O45/c1-16-31(73-19(4)85)52-46(100)70(109-16)121-55-43(97)37(79-25(10)91)67(124-58(55)61(103)104)116-50-29(14-83)113-65(35(41(50)95)77-23(8)89)119-53-32(74-20(5)86)17(2)111-72(47(53)101)123-57-45(99)39(81-27(12)93)69(126-60(57)63(107)108)117-51-30(15-84)114-66(36(42(51)96)78-24(9)90)120-54-33(75-21(6)87)18(3)110-71(48(54)102)122-56-44(98)38(80-26(11)92)68(125-59(56)62(105)106)115-49-28(13-82)112-64(118-52)34(40(49)94)76-22(7)88/h16-18,28-60,64-72,82-84,94-102H,13-15H2,1-12H3,(H,73,85)(H,74,86)(H,75,87)(H,76,88)(H,77,89)(H,78,90)(H,79,91)(H,80,92)(H,81,93)(H,103,104)(H,105,106)(H,107,108)/t16-,17-,18-,28-,29-,30-,31+,32+,33+,34-,35-,36-,37+,38+,39+,40-,41-,42-,43-,44-,45-,46-,47-,48-,49-,50-,51-,52+,53+,54+,55+,56+,57+,58+,59+,60+,64-,65-,66-,67-,68-,69-,70-,71-,72-/m1/s1. The molecule has 19 fully saturated rings. The first-order chi connectivity index (χ1) is 59.2. The Morgan fingerprint density at radius 3 is 0.540 bits per heavy atom. The van der Waals surface area contributed by atoms with Gasteiger partial charge in [0.25, 0.3) is 0 Å². The number of carbonyl (C=O) groups is 12. The van der Waals surface area contributed by atoms with Crippen molar-refractivity contribution >= 4 is 71.1 Å². The number of nitrogens with one attached hydrogen (secondary N) is 9. The molecular weight excluding hydrogens is 1710 g/mol. The first-order valence-electron chi connectivity index (χ1n) is 40.0. The van der Waals surface area contributed by atoms with Crippen molar-refractivity contribution in [3.8, 4) is 0 Å². The van der Waals surface area contributed by atoms with Gasteiger partial charge < -0.3 is 210 Å². The summed E-state index contributed by atoms with van der Waals surface area (Å²) >= 11 is 0. The normalized spacial score (nSPS) is 45.4. The molecule has 0 spiro atoms. The molecule has 19 rings (SSSR count). The fourth-order valence-electron chi connectivity index (χ4n) is 16.9. The predicted molar refractivity (Wildman–Crippen MR) is 395 cm³/mol. The van der Waals surface area contributed by atoms with Crippen LogP contribution in [0.3, 0.4) is 0 Å². The molecule has 19 aliphatic heterocycles. The van der Waals surface area contributed by atoms with Gasteiger partial charge in [0, 0.05) is 62.3 Å². The Labute approximate surface area is 714 Å². The lowest BCUT2D eigenvalue weighted by atomic mass is 9.92. The topological polar surface area (TPSA) is 783 Å². The summed E-state index contributed by atoms with van der Waals surface area (Å²) in [4.78, 5) is 159. The third-order valence-corrected chi connectivity index (χ3v) is 22.4. The number of aliphatic hydroxyl groups is 12. The first kappa shape index (κ1) is 101. The average Bonchev–Trinajstić information content (AvgIpc) is 0.758. The van der Waals surface area contributed by atoms with Gasteiger partial charge in [-0.2, -0.15) is 0 Å². The molecule has 714 valence electrons. The number of aliphatic carboxylic acids is 3. The second-order valence-corrected chi connectivity index (χ2v) is 32.0. The zero-order valence-electron chi connectivity index (χ0n) is 69.6. The average molecular weight is 1820 g/mol. The summed E-state index contributed by atoms with van der Waals surface area (Å²) in [6, 6.07) is -16.9. The van der Waals surface area contributed by atoms with Gasteiger partial charge in [0.05, 0.1) is 56.3 Å². The van der Waals surface area contributed by atoms with Crippen molar-refractivity contribution in [1.29, 1.82) is 0 Å². The Hall–Kier alpha value is -7.56. The Kier molecular flexibility index (Phi) is 34.0. The minimum atomic E-state index is -2.53. The summed E-state index contributed by atoms with van der Waals surface area (Å²) in [5, 5.41) is 200. The molecule has 54 heteroatoms. The van der Waals surface area contributed by atoms with Gasteiger partial charge in [0.2, 0.25) is 53.2 Å². The molecule has 0 aromatic carbocycles. The maximum atomic E-state index is 13.6. The van der Waals surface area contributed by atoms with Crippen LogP contribution in [0.1, 0.15) is 83.1 Å². The lowest BCUT2D eigenvalue weighted by molar-refractivity contribution is -0.376. The summed E-state index contributed by atoms with van der Waals surface area (Å²) in [5.41, 5.74) is 0. The van der Waals surface area contributed by atoms with Crippen LogP contribution in [-0.2, 0) is 143 Å². The number of carbonyl (C=O) groups excluding carboxylic acids is 9. The third-order valence-electron chi connectivity index (χ3n) is 22.4. The van der Waals surface area contributed by atoms with Crippen molar-refractivity contribution in [2.24, 2.45) is 0 Å². The molecule has 0 aliphatic carbocycles. The number of amides is 9. The van der Waals surface area contributed by atoms with Gasteiger partial charge in [-0.15, -0.1) is 0 Å². The number of carboxylic acid groups (broad SMARTS) is 3. The highest BCUT2D eigenvalue weighted by molar-refractivity contribution is 5.78. The van der Waals surface area contributed by atoms with Gasteiger partial charge in [0.15, 0.2) is 74.9 Å². The van der Waals surface area contributed by atoms with E-state index in [4.69, 9.17) is 85.3 Å². The first-order valence-corrected chi connectivity index (χ1v) is 40.0. The van der Waals surface area contributed by atoms with E-state index in [9.17, 15) is 134 Å². The number of hydrogen-bond donors (Lipinski definition) is 24. The van der Waals surface area contributed by atoms with E-state index in [2.05, 4.69) is 47.9 Å². The van der Waals surface area contributed by atoms with Crippen molar-refractivity contribution in [3.05, 3.63) is 0 Å². The number of rotatable bonds is 15. The second kappa shape index (κ2) is 42.6. The van der Waals surface area contributed by atoms with Gasteiger partial charge in [-0.1, -0.05) is 0 Å². The fourth-order valence-corrected chi connectivity index (χ4v) is 16.9. The Bertz CT molecular complexity index is 3470. The van der Waals surface area contributed by atoms with Crippen LogP contribution in [-0.4, -0.2) is 443 Å². The molecule has 0 aromatic rings. The molecule has 126 heavy (non-hydrogen) atoms. The van der Waals surface area contributed by atoms with Gasteiger partial charge in [-0.05, 0) is 20.8 Å². The molecule has 9 amide bonds. The van der Waals surface area contributed by atoms with Crippen LogP contribution in [0.2, 0.25) is 0 Å². The fraction of sp³-hybridized carbons (Fsp3) is 0.833. The van der Waals surface area contributed by atoms with Gasteiger partial charge >= 0.3 is 17.9 Å². The quantitative estimate of drug-likeness (QED) is 0.0724. The Morgan fingerprint density at radius 2 is 0.365 bits per heavy atom. The molecule has 0 saturated carbocycles. The zero-order chi connectivity index (χ0) is 93.1. The lowest BCUT2D eigenvalue weighted by Crippen LogP contribution is -2.73. The van der Waals surface area contributed by atoms with Gasteiger partial charge in [0.1, 0.15) is 164 Å². The van der Waals surface area contributed by atoms with E-state index in [1.165, 1.54) is 20.8 Å². The molecular formula is C72H111N9O45. The van der Waals surface area contributed by atoms with Gasteiger partial charge in [-0.3, -0.25) is 43.2 Å². The van der Waals surface area contributed by atoms with E-state index >= 15 is 0 Å². The summed E-state index contributed by atoms with van der Waals surface area (Å²) in [7, 11) is 0. The maximum Gasteiger partial charge on any atom is 0.335 e. The lowest BCUT2D eigenvalue weighted by Gasteiger charge is -2.52. The Morgan fingerprint density at radius 1 is 0.206 bits per heavy atom. The predicted octanol–water partition coefficient (Wildman–Crippen LogP) is -14.9. The van der Waals surface area contributed by atoms with Crippen LogP contribution in [0.4, 0.5) is 0 Å². The van der Waals surface area contributed by atoms with Crippen molar-refractivity contribution < 1.29 is 219 Å². The van der Waals surface area contributed by atoms with Crippen molar-refractivity contribution in [2.45, 2.75) is 359 Å². The SMILES string of the molecule is CC(=O)N[C@@H]1[C@@H]2O[C@H]3[C@H](O)[C@@H](NC(C)=O)[C@@H](O[C@@H]4[C@@H](O)[C@@H](O[C@H]5[C@H](O)[C@H](NC(C)=O)[C@H](O[C@H]6[C@H](O)[C@@H](NC(C)=O)[C@@H](O[C@@H]7[C@@H](O)[C@@H](O[C@H]8[C@H](O)[C@H](NC(C)=O)[C@H](O[C@H]9[C@H](O)[C@@H](NC(C)=O)[C@@H](O[C@@H]%10[C@@H](O)[C@@H](O[C@@H]([C@@H]1O)[C@@H](C(=O)O)O2)O[C@H](C)[C@@H]%10NC(C)=O)O[C@@H]9CO)O[C@@H]8C(=O)O)O[C@H](C)[C@@H]7NC(C)=O)O[C@@H]6CO)O[C@@H]5C(=O)O)O[C@H](C)[C@@H]4NC(C)=O)O[C@@H]3CO. The van der Waals surface area contributed by atoms with Crippen LogP contribution >= 0.6 is 0 Å². The van der Waals surface area contributed by atoms with E-state index in [1.54, 1.807) is 0 Å². The molecule has 45 atom stereocenters. The molecule has 19 heterocycles. The molecule has 0 unspecified atom stereocenters. The van der Waals surface area contributed by atoms with Crippen molar-refractivity contribution in [1.82, 2.24) is 47.9 Å². The number of aliphatic hydroxyl groups excluding tert-OH is 12. The number of carboxylic acids is 3.